The van der Waals surface area contributed by atoms with Crippen LogP contribution in [0.5, 0.6) is 23.0 Å². The summed E-state index contributed by atoms with van der Waals surface area (Å²) < 4.78 is 32.4. The number of hydrogen-bond acceptors (Lipinski definition) is 7. The van der Waals surface area contributed by atoms with Crippen LogP contribution in [0.1, 0.15) is 44.4 Å². The Kier molecular flexibility index (Phi) is 4.45. The highest BCUT2D eigenvalue weighted by atomic mass is 16.7. The number of fused-ring (bicyclic) bond motifs is 8. The molecule has 2 aromatic carbocycles. The first kappa shape index (κ1) is 21.6. The van der Waals surface area contributed by atoms with E-state index in [1.807, 2.05) is 12.1 Å². The molecule has 0 aliphatic carbocycles. The first-order valence-corrected chi connectivity index (χ1v) is 12.8. The van der Waals surface area contributed by atoms with Gasteiger partial charge in [-0.25, -0.2) is 0 Å². The number of phenols is 1. The number of hydrogen-bond donors (Lipinski definition) is 1. The fourth-order valence-corrected chi connectivity index (χ4v) is 6.90. The van der Waals surface area contributed by atoms with Crippen LogP contribution in [0.4, 0.5) is 5.69 Å². The molecule has 0 amide bonds. The highest BCUT2D eigenvalue weighted by Crippen LogP contribution is 2.58. The van der Waals surface area contributed by atoms with E-state index in [9.17, 15) is 5.11 Å². The molecule has 0 bridgehead atoms. The van der Waals surface area contributed by atoms with E-state index in [1.54, 1.807) is 12.1 Å². The first-order chi connectivity index (χ1) is 16.8. The zero-order valence-corrected chi connectivity index (χ0v) is 20.8. The number of phenolic OH excluding ortho intramolecular Hbond substituents is 1. The van der Waals surface area contributed by atoms with Crippen molar-refractivity contribution in [3.8, 4) is 23.0 Å². The van der Waals surface area contributed by atoms with Crippen molar-refractivity contribution in [2.45, 2.75) is 58.7 Å². The molecular weight excluding hydrogens is 446 g/mol. The maximum atomic E-state index is 9.75. The van der Waals surface area contributed by atoms with Crippen LogP contribution in [-0.4, -0.2) is 36.6 Å². The molecule has 5 heterocycles. The Morgan fingerprint density at radius 1 is 0.800 bits per heavy atom. The Bertz CT molecular complexity index is 1200. The zero-order chi connectivity index (χ0) is 24.1. The molecule has 0 saturated carbocycles. The zero-order valence-electron chi connectivity index (χ0n) is 20.8. The molecule has 2 saturated heterocycles. The number of rotatable bonds is 1. The molecule has 5 aliphatic heterocycles. The van der Waals surface area contributed by atoms with E-state index in [0.717, 1.165) is 52.5 Å². The predicted octanol–water partition coefficient (Wildman–Crippen LogP) is 4.62. The van der Waals surface area contributed by atoms with Gasteiger partial charge >= 0.3 is 0 Å². The Labute approximate surface area is 205 Å². The second kappa shape index (κ2) is 7.20. The molecule has 2 fully saturated rings. The van der Waals surface area contributed by atoms with E-state index in [-0.39, 0.29) is 17.6 Å². The SMILES string of the molecule is C[C@H]1CO[C@]2(C)Oc3c(c4c(c5c3C[C@@H]3[C@@H](C)CO[C@]3(C)O5)CN(c3ccc(O)cc3)CO4)C[C@H]12. The fourth-order valence-electron chi connectivity index (χ4n) is 6.90. The third-order valence-electron chi connectivity index (χ3n) is 9.02. The monoisotopic (exact) mass is 479 g/mol. The van der Waals surface area contributed by atoms with E-state index < -0.39 is 11.6 Å². The van der Waals surface area contributed by atoms with Crippen LogP contribution in [0.2, 0.25) is 0 Å². The molecule has 2 aromatic rings. The number of anilines is 1. The Morgan fingerprint density at radius 2 is 1.34 bits per heavy atom. The molecule has 7 heteroatoms. The molecule has 0 spiro atoms. The Hall–Kier alpha value is -2.64. The number of aromatic hydroxyl groups is 1. The summed E-state index contributed by atoms with van der Waals surface area (Å²) in [7, 11) is 0. The summed E-state index contributed by atoms with van der Waals surface area (Å²) in [6.07, 6.45) is 1.72. The molecule has 35 heavy (non-hydrogen) atoms. The van der Waals surface area contributed by atoms with Gasteiger partial charge in [-0.05, 0) is 48.9 Å². The van der Waals surface area contributed by atoms with Crippen LogP contribution in [-0.2, 0) is 28.9 Å². The standard InChI is InChI=1S/C28H33NO6/c1-15-12-32-27(3)22(15)9-19-24-21(11-29(14-31-24)17-5-7-18(30)8-6-17)26-20(25(19)34-27)10-23-16(2)13-33-28(23,4)35-26/h5-8,15-16,22-23,30H,9-14H2,1-4H3/t15-,16-,22+,23+,27+,28+/m0/s1. The second-order valence-electron chi connectivity index (χ2n) is 11.3. The lowest BCUT2D eigenvalue weighted by Gasteiger charge is -2.45. The summed E-state index contributed by atoms with van der Waals surface area (Å²) >= 11 is 0. The van der Waals surface area contributed by atoms with Crippen molar-refractivity contribution in [1.82, 2.24) is 0 Å². The summed E-state index contributed by atoms with van der Waals surface area (Å²) in [4.78, 5) is 2.17. The van der Waals surface area contributed by atoms with Crippen LogP contribution in [0.3, 0.4) is 0 Å². The van der Waals surface area contributed by atoms with Gasteiger partial charge in [0.15, 0.2) is 6.73 Å². The highest BCUT2D eigenvalue weighted by molar-refractivity contribution is 5.67. The van der Waals surface area contributed by atoms with Crippen LogP contribution in [0.25, 0.3) is 0 Å². The molecular formula is C28H33NO6. The summed E-state index contributed by atoms with van der Waals surface area (Å²) in [5.41, 5.74) is 4.33. The van der Waals surface area contributed by atoms with E-state index >= 15 is 0 Å². The van der Waals surface area contributed by atoms with E-state index in [1.165, 1.54) is 0 Å². The van der Waals surface area contributed by atoms with Gasteiger partial charge in [0.25, 0.3) is 0 Å². The van der Waals surface area contributed by atoms with Crippen LogP contribution in [0, 0.1) is 23.7 Å². The summed E-state index contributed by atoms with van der Waals surface area (Å²) in [5, 5.41) is 9.75. The first-order valence-electron chi connectivity index (χ1n) is 12.8. The molecule has 0 aromatic heterocycles. The van der Waals surface area contributed by atoms with Gasteiger partial charge in [-0.2, -0.15) is 0 Å². The van der Waals surface area contributed by atoms with Crippen LogP contribution >= 0.6 is 0 Å². The van der Waals surface area contributed by atoms with Crippen molar-refractivity contribution >= 4 is 5.69 Å². The van der Waals surface area contributed by atoms with Crippen molar-refractivity contribution < 1.29 is 28.8 Å². The predicted molar refractivity (Wildman–Crippen MR) is 129 cm³/mol. The molecule has 7 nitrogen and oxygen atoms in total. The summed E-state index contributed by atoms with van der Waals surface area (Å²) in [5.74, 6) is 2.94. The Balaban J connectivity index is 1.38. The minimum Gasteiger partial charge on any atom is -0.508 e. The van der Waals surface area contributed by atoms with Gasteiger partial charge in [-0.3, -0.25) is 0 Å². The minimum absolute atomic E-state index is 0.251. The van der Waals surface area contributed by atoms with Crippen molar-refractivity contribution in [1.29, 1.82) is 0 Å². The molecule has 0 unspecified atom stereocenters. The van der Waals surface area contributed by atoms with Gasteiger partial charge in [-0.1, -0.05) is 13.8 Å². The van der Waals surface area contributed by atoms with Gasteiger partial charge in [0.05, 0.1) is 25.3 Å². The van der Waals surface area contributed by atoms with Gasteiger partial charge in [0, 0.05) is 42.5 Å². The highest BCUT2D eigenvalue weighted by Gasteiger charge is 2.55. The third-order valence-corrected chi connectivity index (χ3v) is 9.02. The lowest BCUT2D eigenvalue weighted by Crippen LogP contribution is -2.48. The fraction of sp³-hybridized carbons (Fsp3) is 0.571. The van der Waals surface area contributed by atoms with E-state index in [4.69, 9.17) is 23.7 Å². The van der Waals surface area contributed by atoms with Crippen LogP contribution < -0.4 is 19.1 Å². The molecule has 6 atom stereocenters. The molecule has 1 N–H and O–H groups in total. The number of ether oxygens (including phenoxy) is 5. The van der Waals surface area contributed by atoms with Gasteiger partial charge in [0.2, 0.25) is 11.6 Å². The van der Waals surface area contributed by atoms with Gasteiger partial charge < -0.3 is 33.7 Å². The maximum absolute atomic E-state index is 9.75. The van der Waals surface area contributed by atoms with Crippen molar-refractivity contribution in [3.63, 3.8) is 0 Å². The second-order valence-corrected chi connectivity index (χ2v) is 11.3. The average molecular weight is 480 g/mol. The third kappa shape index (κ3) is 3.04. The van der Waals surface area contributed by atoms with E-state index in [0.29, 0.717) is 38.3 Å². The largest absolute Gasteiger partial charge is 0.508 e. The number of benzene rings is 2. The maximum Gasteiger partial charge on any atom is 0.211 e. The van der Waals surface area contributed by atoms with Crippen molar-refractivity contribution in [2.75, 3.05) is 24.8 Å². The van der Waals surface area contributed by atoms with E-state index in [2.05, 4.69) is 32.6 Å². The van der Waals surface area contributed by atoms with Gasteiger partial charge in [-0.15, -0.1) is 0 Å². The smallest absolute Gasteiger partial charge is 0.211 e. The molecule has 186 valence electrons. The topological polar surface area (TPSA) is 69.6 Å². The average Bonchev–Trinajstić information content (AvgIpc) is 3.31. The Morgan fingerprint density at radius 3 is 1.94 bits per heavy atom. The normalized spacial score (nSPS) is 36.6. The summed E-state index contributed by atoms with van der Waals surface area (Å²) in [6, 6.07) is 7.25. The van der Waals surface area contributed by atoms with Gasteiger partial charge in [0.1, 0.15) is 23.0 Å². The molecule has 7 rings (SSSR count). The molecule has 0 radical (unpaired) electrons. The minimum atomic E-state index is -0.658. The van der Waals surface area contributed by atoms with Crippen molar-refractivity contribution in [3.05, 3.63) is 41.0 Å². The van der Waals surface area contributed by atoms with Crippen molar-refractivity contribution in [2.24, 2.45) is 23.7 Å². The van der Waals surface area contributed by atoms with Crippen LogP contribution in [0.15, 0.2) is 24.3 Å². The lowest BCUT2D eigenvalue weighted by molar-refractivity contribution is -0.174. The lowest BCUT2D eigenvalue weighted by atomic mass is 9.77. The molecule has 5 aliphatic rings. The quantitative estimate of drug-likeness (QED) is 0.640. The number of nitrogens with zero attached hydrogens (tertiary/aromatic N) is 1. The summed E-state index contributed by atoms with van der Waals surface area (Å²) in [6.45, 7) is 11.1.